The van der Waals surface area contributed by atoms with E-state index in [1.165, 1.54) is 0 Å². The van der Waals surface area contributed by atoms with Crippen LogP contribution in [0.15, 0.2) is 24.3 Å². The maximum absolute atomic E-state index is 6.17. The lowest BCUT2D eigenvalue weighted by molar-refractivity contribution is -0.0118. The molecule has 0 aromatic heterocycles. The van der Waals surface area contributed by atoms with Crippen molar-refractivity contribution in [2.45, 2.75) is 39.4 Å². The smallest absolute Gasteiger partial charge is 0.119 e. The Hall–Kier alpha value is -1.06. The molecule has 0 aliphatic rings. The monoisotopic (exact) mass is 265 g/mol. The molecule has 0 saturated heterocycles. The van der Waals surface area contributed by atoms with Gasteiger partial charge >= 0.3 is 0 Å². The normalized spacial score (nSPS) is 14.4. The van der Waals surface area contributed by atoms with E-state index in [0.717, 1.165) is 24.3 Å². The number of hydrogen-bond acceptors (Lipinski definition) is 3. The second kappa shape index (κ2) is 8.18. The van der Waals surface area contributed by atoms with Crippen molar-refractivity contribution in [3.05, 3.63) is 29.8 Å². The average Bonchev–Trinajstić information content (AvgIpc) is 2.37. The van der Waals surface area contributed by atoms with Crippen LogP contribution in [0.2, 0.25) is 0 Å². The highest BCUT2D eigenvalue weighted by molar-refractivity contribution is 5.30. The van der Waals surface area contributed by atoms with Crippen molar-refractivity contribution in [1.82, 2.24) is 5.32 Å². The minimum absolute atomic E-state index is 0.0637. The van der Waals surface area contributed by atoms with Gasteiger partial charge in [-0.15, -0.1) is 0 Å². The summed E-state index contributed by atoms with van der Waals surface area (Å²) in [7, 11) is 3.64. The predicted octanol–water partition coefficient (Wildman–Crippen LogP) is 3.41. The fraction of sp³-hybridized carbons (Fsp3) is 0.625. The molecule has 3 heteroatoms. The minimum atomic E-state index is 0.0637. The number of likely N-dealkylation sites (N-methyl/N-ethyl adjacent to an activating group) is 1. The van der Waals surface area contributed by atoms with Crippen LogP contribution in [0.5, 0.6) is 5.75 Å². The second-order valence-corrected chi connectivity index (χ2v) is 5.40. The molecule has 0 fully saturated rings. The summed E-state index contributed by atoms with van der Waals surface area (Å²) in [5.41, 5.74) is 1.16. The van der Waals surface area contributed by atoms with E-state index in [4.69, 9.17) is 9.47 Å². The quantitative estimate of drug-likeness (QED) is 0.781. The average molecular weight is 265 g/mol. The van der Waals surface area contributed by atoms with E-state index < -0.39 is 0 Å². The summed E-state index contributed by atoms with van der Waals surface area (Å²) in [6.07, 6.45) is 1.39. The van der Waals surface area contributed by atoms with Gasteiger partial charge in [0.15, 0.2) is 0 Å². The molecule has 0 spiro atoms. The Morgan fingerprint density at radius 3 is 2.53 bits per heavy atom. The van der Waals surface area contributed by atoms with Gasteiger partial charge < -0.3 is 14.8 Å². The third kappa shape index (κ3) is 5.62. The van der Waals surface area contributed by atoms with E-state index in [1.807, 2.05) is 25.2 Å². The summed E-state index contributed by atoms with van der Waals surface area (Å²) < 4.78 is 11.4. The van der Waals surface area contributed by atoms with Gasteiger partial charge in [-0.3, -0.25) is 0 Å². The zero-order valence-corrected chi connectivity index (χ0v) is 12.8. The standard InChI is InChI=1S/C16H27NO2/c1-12(2)9-13(3)19-16(11-17-4)14-7-6-8-15(10-14)18-5/h6-8,10,12-13,16-17H,9,11H2,1-5H3. The second-order valence-electron chi connectivity index (χ2n) is 5.40. The first-order valence-corrected chi connectivity index (χ1v) is 7.00. The number of methoxy groups -OCH3 is 1. The fourth-order valence-electron chi connectivity index (χ4n) is 2.27. The van der Waals surface area contributed by atoms with Crippen molar-refractivity contribution in [1.29, 1.82) is 0 Å². The first kappa shape index (κ1) is 16.0. The Morgan fingerprint density at radius 1 is 1.21 bits per heavy atom. The Bertz CT molecular complexity index is 366. The maximum atomic E-state index is 6.17. The molecule has 2 atom stereocenters. The van der Waals surface area contributed by atoms with Crippen molar-refractivity contribution in [3.8, 4) is 5.75 Å². The molecule has 0 amide bonds. The van der Waals surface area contributed by atoms with Crippen LogP contribution in [-0.2, 0) is 4.74 Å². The van der Waals surface area contributed by atoms with Gasteiger partial charge in [0.1, 0.15) is 5.75 Å². The third-order valence-electron chi connectivity index (χ3n) is 3.06. The molecule has 0 aliphatic carbocycles. The highest BCUT2D eigenvalue weighted by atomic mass is 16.5. The van der Waals surface area contributed by atoms with Crippen LogP contribution in [0.25, 0.3) is 0 Å². The molecule has 19 heavy (non-hydrogen) atoms. The van der Waals surface area contributed by atoms with Gasteiger partial charge in [0, 0.05) is 6.54 Å². The van der Waals surface area contributed by atoms with Crippen LogP contribution in [0.3, 0.4) is 0 Å². The first-order chi connectivity index (χ1) is 9.06. The van der Waals surface area contributed by atoms with Crippen LogP contribution in [0.4, 0.5) is 0 Å². The number of rotatable bonds is 8. The van der Waals surface area contributed by atoms with Crippen molar-refractivity contribution in [3.63, 3.8) is 0 Å². The van der Waals surface area contributed by atoms with E-state index in [2.05, 4.69) is 32.2 Å². The summed E-state index contributed by atoms with van der Waals surface area (Å²) >= 11 is 0. The Morgan fingerprint density at radius 2 is 1.95 bits per heavy atom. The van der Waals surface area contributed by atoms with Gasteiger partial charge in [-0.05, 0) is 44.0 Å². The van der Waals surface area contributed by atoms with Crippen LogP contribution < -0.4 is 10.1 Å². The fourth-order valence-corrected chi connectivity index (χ4v) is 2.27. The summed E-state index contributed by atoms with van der Waals surface area (Å²) in [5, 5.41) is 3.20. The van der Waals surface area contributed by atoms with E-state index in [1.54, 1.807) is 7.11 Å². The van der Waals surface area contributed by atoms with Gasteiger partial charge in [0.05, 0.1) is 19.3 Å². The molecule has 1 aromatic rings. The molecule has 0 saturated carbocycles. The van der Waals surface area contributed by atoms with Crippen LogP contribution in [-0.4, -0.2) is 26.8 Å². The van der Waals surface area contributed by atoms with Gasteiger partial charge in [-0.1, -0.05) is 26.0 Å². The van der Waals surface area contributed by atoms with Crippen molar-refractivity contribution in [2.75, 3.05) is 20.7 Å². The third-order valence-corrected chi connectivity index (χ3v) is 3.06. The molecule has 1 aromatic carbocycles. The van der Waals surface area contributed by atoms with E-state index in [9.17, 15) is 0 Å². The molecular formula is C16H27NO2. The van der Waals surface area contributed by atoms with Crippen LogP contribution in [0, 0.1) is 5.92 Å². The van der Waals surface area contributed by atoms with Gasteiger partial charge in [-0.25, -0.2) is 0 Å². The summed E-state index contributed by atoms with van der Waals surface area (Å²) in [6.45, 7) is 7.38. The lowest BCUT2D eigenvalue weighted by Crippen LogP contribution is -2.24. The highest BCUT2D eigenvalue weighted by Crippen LogP contribution is 2.24. The molecule has 3 nitrogen and oxygen atoms in total. The summed E-state index contributed by atoms with van der Waals surface area (Å²) in [5.74, 6) is 1.52. The van der Waals surface area contributed by atoms with Gasteiger partial charge in [0.25, 0.3) is 0 Å². The number of hydrogen-bond donors (Lipinski definition) is 1. The first-order valence-electron chi connectivity index (χ1n) is 7.00. The van der Waals surface area contributed by atoms with Crippen molar-refractivity contribution in [2.24, 2.45) is 5.92 Å². The maximum Gasteiger partial charge on any atom is 0.119 e. The zero-order chi connectivity index (χ0) is 14.3. The largest absolute Gasteiger partial charge is 0.497 e. The Balaban J connectivity index is 2.75. The topological polar surface area (TPSA) is 30.5 Å². The molecule has 0 heterocycles. The molecule has 1 N–H and O–H groups in total. The van der Waals surface area contributed by atoms with Gasteiger partial charge in [0.2, 0.25) is 0 Å². The minimum Gasteiger partial charge on any atom is -0.497 e. The number of ether oxygens (including phenoxy) is 2. The SMILES string of the molecule is CNCC(OC(C)CC(C)C)c1cccc(OC)c1. The molecular weight excluding hydrogens is 238 g/mol. The van der Waals surface area contributed by atoms with Crippen LogP contribution in [0.1, 0.15) is 38.9 Å². The van der Waals surface area contributed by atoms with E-state index in [0.29, 0.717) is 5.92 Å². The Kier molecular flexibility index (Phi) is 6.89. The lowest BCUT2D eigenvalue weighted by Gasteiger charge is -2.24. The molecule has 108 valence electrons. The molecule has 1 rings (SSSR count). The van der Waals surface area contributed by atoms with Crippen LogP contribution >= 0.6 is 0 Å². The molecule has 2 unspecified atom stereocenters. The predicted molar refractivity (Wildman–Crippen MR) is 79.7 cm³/mol. The number of benzene rings is 1. The Labute approximate surface area is 117 Å². The van der Waals surface area contributed by atoms with Gasteiger partial charge in [-0.2, -0.15) is 0 Å². The highest BCUT2D eigenvalue weighted by Gasteiger charge is 2.16. The molecule has 0 aliphatic heterocycles. The number of nitrogens with one attached hydrogen (secondary N) is 1. The summed E-state index contributed by atoms with van der Waals surface area (Å²) in [6, 6.07) is 8.10. The van der Waals surface area contributed by atoms with E-state index >= 15 is 0 Å². The zero-order valence-electron chi connectivity index (χ0n) is 12.8. The molecule has 0 bridgehead atoms. The van der Waals surface area contributed by atoms with Crippen molar-refractivity contribution >= 4 is 0 Å². The summed E-state index contributed by atoms with van der Waals surface area (Å²) in [4.78, 5) is 0. The molecule has 0 radical (unpaired) electrons. The lowest BCUT2D eigenvalue weighted by atomic mass is 10.1. The van der Waals surface area contributed by atoms with E-state index in [-0.39, 0.29) is 12.2 Å². The van der Waals surface area contributed by atoms with Crippen molar-refractivity contribution < 1.29 is 9.47 Å².